The lowest BCUT2D eigenvalue weighted by atomic mass is 10.0. The van der Waals surface area contributed by atoms with Gasteiger partial charge in [0.05, 0.1) is 22.2 Å². The number of benzene rings is 4. The fourth-order valence-electron chi connectivity index (χ4n) is 3.89. The molecule has 5 aromatic rings. The first-order valence-electron chi connectivity index (χ1n) is 10.3. The van der Waals surface area contributed by atoms with Crippen molar-refractivity contribution in [3.05, 3.63) is 118 Å². The van der Waals surface area contributed by atoms with Gasteiger partial charge in [-0.25, -0.2) is 4.98 Å². The highest BCUT2D eigenvalue weighted by atomic mass is 19.4. The van der Waals surface area contributed by atoms with Crippen LogP contribution in [0.25, 0.3) is 39.5 Å². The molecule has 0 saturated heterocycles. The van der Waals surface area contributed by atoms with E-state index in [1.807, 2.05) is 48.5 Å². The first-order valence-corrected chi connectivity index (χ1v) is 10.3. The van der Waals surface area contributed by atoms with E-state index in [0.717, 1.165) is 28.5 Å². The third-order valence-corrected chi connectivity index (χ3v) is 5.47. The van der Waals surface area contributed by atoms with Gasteiger partial charge in [-0.1, -0.05) is 66.7 Å². The zero-order valence-electron chi connectivity index (χ0n) is 17.3. The van der Waals surface area contributed by atoms with Crippen molar-refractivity contribution in [1.82, 2.24) is 9.55 Å². The average molecular weight is 442 g/mol. The number of alkyl halides is 3. The minimum absolute atomic E-state index is 0.102. The molecule has 1 aromatic heterocycles. The van der Waals surface area contributed by atoms with E-state index in [9.17, 15) is 18.0 Å². The monoisotopic (exact) mass is 442 g/mol. The van der Waals surface area contributed by atoms with Crippen molar-refractivity contribution in [3.8, 4) is 5.69 Å². The molecule has 0 aliphatic heterocycles. The van der Waals surface area contributed by atoms with E-state index < -0.39 is 17.3 Å². The zero-order valence-corrected chi connectivity index (χ0v) is 17.3. The number of aromatic nitrogens is 2. The molecule has 0 atom stereocenters. The molecule has 0 unspecified atom stereocenters. The van der Waals surface area contributed by atoms with E-state index in [1.54, 1.807) is 30.3 Å². The van der Waals surface area contributed by atoms with E-state index >= 15 is 0 Å². The Bertz CT molecular complexity index is 1580. The predicted octanol–water partition coefficient (Wildman–Crippen LogP) is 6.73. The molecule has 0 radical (unpaired) electrons. The Morgan fingerprint density at radius 2 is 1.45 bits per heavy atom. The molecule has 0 aliphatic rings. The van der Waals surface area contributed by atoms with Gasteiger partial charge in [-0.3, -0.25) is 9.36 Å². The number of nitrogens with zero attached hydrogens (tertiary/aromatic N) is 2. The highest BCUT2D eigenvalue weighted by molar-refractivity contribution is 5.92. The summed E-state index contributed by atoms with van der Waals surface area (Å²) in [4.78, 5) is 17.9. The summed E-state index contributed by atoms with van der Waals surface area (Å²) in [5.41, 5.74) is 0.224. The number of rotatable bonds is 3. The maximum Gasteiger partial charge on any atom is 0.416 e. The van der Waals surface area contributed by atoms with E-state index in [1.165, 1.54) is 16.7 Å². The molecule has 4 aromatic carbocycles. The van der Waals surface area contributed by atoms with Crippen LogP contribution in [0.15, 0.2) is 95.8 Å². The quantitative estimate of drug-likeness (QED) is 0.311. The summed E-state index contributed by atoms with van der Waals surface area (Å²) < 4.78 is 41.2. The Labute approximate surface area is 187 Å². The van der Waals surface area contributed by atoms with Gasteiger partial charge in [0, 0.05) is 0 Å². The summed E-state index contributed by atoms with van der Waals surface area (Å²) in [6.07, 6.45) is -1.04. The van der Waals surface area contributed by atoms with Crippen LogP contribution in [0.5, 0.6) is 0 Å². The topological polar surface area (TPSA) is 34.9 Å². The number of hydrogen-bond acceptors (Lipinski definition) is 2. The molecule has 1 heterocycles. The number of hydrogen-bond donors (Lipinski definition) is 0. The zero-order chi connectivity index (χ0) is 23.0. The number of halogens is 3. The molecular formula is C27H17F3N2O. The molecule has 33 heavy (non-hydrogen) atoms. The standard InChI is InChI=1S/C27H17F3N2O/c28-27(29,30)20-10-6-11-21(17-20)32-25(31-24-14-4-3-13-23(24)26(32)33)16-15-19-9-5-8-18-7-1-2-12-22(18)19/h1-17H/b16-15+. The molecule has 0 amide bonds. The second-order valence-corrected chi connectivity index (χ2v) is 7.58. The molecule has 0 saturated carbocycles. The Hall–Kier alpha value is -4.19. The van der Waals surface area contributed by atoms with Crippen molar-refractivity contribution in [2.45, 2.75) is 6.18 Å². The summed E-state index contributed by atoms with van der Waals surface area (Å²) in [6, 6.07) is 25.2. The van der Waals surface area contributed by atoms with Crippen LogP contribution >= 0.6 is 0 Å². The number of fused-ring (bicyclic) bond motifs is 2. The lowest BCUT2D eigenvalue weighted by Crippen LogP contribution is -2.22. The highest BCUT2D eigenvalue weighted by Crippen LogP contribution is 2.30. The van der Waals surface area contributed by atoms with Gasteiger partial charge in [-0.2, -0.15) is 13.2 Å². The summed E-state index contributed by atoms with van der Waals surface area (Å²) >= 11 is 0. The predicted molar refractivity (Wildman–Crippen MR) is 125 cm³/mol. The van der Waals surface area contributed by atoms with Gasteiger partial charge in [0.25, 0.3) is 5.56 Å². The molecule has 3 nitrogen and oxygen atoms in total. The molecular weight excluding hydrogens is 425 g/mol. The van der Waals surface area contributed by atoms with Gasteiger partial charge in [0.15, 0.2) is 0 Å². The summed E-state index contributed by atoms with van der Waals surface area (Å²) in [7, 11) is 0. The van der Waals surface area contributed by atoms with E-state index in [-0.39, 0.29) is 11.5 Å². The van der Waals surface area contributed by atoms with E-state index in [0.29, 0.717) is 10.9 Å². The molecule has 0 fully saturated rings. The second kappa shape index (κ2) is 8.06. The fraction of sp³-hybridized carbons (Fsp3) is 0.0370. The van der Waals surface area contributed by atoms with Gasteiger partial charge in [-0.15, -0.1) is 0 Å². The summed E-state index contributed by atoms with van der Waals surface area (Å²) in [5.74, 6) is 0.242. The molecule has 0 bridgehead atoms. The first-order chi connectivity index (χ1) is 15.9. The minimum Gasteiger partial charge on any atom is -0.268 e. The van der Waals surface area contributed by atoms with Crippen LogP contribution in [0.4, 0.5) is 13.2 Å². The summed E-state index contributed by atoms with van der Waals surface area (Å²) in [6.45, 7) is 0. The van der Waals surface area contributed by atoms with Gasteiger partial charge >= 0.3 is 6.18 Å². The second-order valence-electron chi connectivity index (χ2n) is 7.58. The third-order valence-electron chi connectivity index (χ3n) is 5.47. The smallest absolute Gasteiger partial charge is 0.268 e. The third kappa shape index (κ3) is 3.91. The SMILES string of the molecule is O=c1c2ccccc2nc(/C=C/c2cccc3ccccc23)n1-c1cccc(C(F)(F)F)c1. The minimum atomic E-state index is -4.52. The van der Waals surface area contributed by atoms with Crippen LogP contribution in [-0.2, 0) is 6.18 Å². The Kier molecular flexibility index (Phi) is 5.05. The molecule has 0 aliphatic carbocycles. The lowest BCUT2D eigenvalue weighted by Gasteiger charge is -2.14. The van der Waals surface area contributed by atoms with Crippen molar-refractivity contribution in [3.63, 3.8) is 0 Å². The van der Waals surface area contributed by atoms with E-state index in [4.69, 9.17) is 0 Å². The van der Waals surface area contributed by atoms with E-state index in [2.05, 4.69) is 4.98 Å². The largest absolute Gasteiger partial charge is 0.416 e. The highest BCUT2D eigenvalue weighted by Gasteiger charge is 2.30. The van der Waals surface area contributed by atoms with Gasteiger partial charge in [0.1, 0.15) is 5.82 Å². The Morgan fingerprint density at radius 3 is 2.27 bits per heavy atom. The molecule has 6 heteroatoms. The Morgan fingerprint density at radius 1 is 0.758 bits per heavy atom. The van der Waals surface area contributed by atoms with Crippen molar-refractivity contribution in [1.29, 1.82) is 0 Å². The maximum atomic E-state index is 13.3. The van der Waals surface area contributed by atoms with Crippen molar-refractivity contribution in [2.24, 2.45) is 0 Å². The maximum absolute atomic E-state index is 13.3. The molecule has 0 N–H and O–H groups in total. The van der Waals surface area contributed by atoms with Crippen LogP contribution < -0.4 is 5.56 Å². The van der Waals surface area contributed by atoms with Crippen LogP contribution in [0, 0.1) is 0 Å². The normalized spacial score (nSPS) is 12.1. The number of para-hydroxylation sites is 1. The Balaban J connectivity index is 1.74. The molecule has 0 spiro atoms. The van der Waals surface area contributed by atoms with Crippen molar-refractivity contribution in [2.75, 3.05) is 0 Å². The van der Waals surface area contributed by atoms with Gasteiger partial charge in [-0.05, 0) is 52.7 Å². The van der Waals surface area contributed by atoms with Gasteiger partial charge in [0.2, 0.25) is 0 Å². The van der Waals surface area contributed by atoms with Crippen molar-refractivity contribution >= 4 is 33.8 Å². The van der Waals surface area contributed by atoms with Crippen LogP contribution in [0.3, 0.4) is 0 Å². The molecule has 5 rings (SSSR count). The van der Waals surface area contributed by atoms with Crippen LogP contribution in [-0.4, -0.2) is 9.55 Å². The first kappa shape index (κ1) is 20.7. The van der Waals surface area contributed by atoms with Gasteiger partial charge < -0.3 is 0 Å². The van der Waals surface area contributed by atoms with Crippen molar-refractivity contribution < 1.29 is 13.2 Å². The lowest BCUT2D eigenvalue weighted by molar-refractivity contribution is -0.137. The fourth-order valence-corrected chi connectivity index (χ4v) is 3.89. The summed E-state index contributed by atoms with van der Waals surface area (Å²) in [5, 5.41) is 2.41. The molecule has 162 valence electrons. The average Bonchev–Trinajstić information content (AvgIpc) is 2.82. The van der Waals surface area contributed by atoms with Crippen LogP contribution in [0.1, 0.15) is 17.0 Å². The van der Waals surface area contributed by atoms with Crippen LogP contribution in [0.2, 0.25) is 0 Å².